The van der Waals surface area contributed by atoms with Gasteiger partial charge in [0.25, 0.3) is 0 Å². The molecule has 0 aliphatic heterocycles. The van der Waals surface area contributed by atoms with Gasteiger partial charge in [-0.3, -0.25) is 0 Å². The molecule has 0 amide bonds. The third kappa shape index (κ3) is 2.48. The summed E-state index contributed by atoms with van der Waals surface area (Å²) in [6, 6.07) is 12.8. The van der Waals surface area contributed by atoms with Gasteiger partial charge >= 0.3 is 0 Å². The third-order valence-corrected chi connectivity index (χ3v) is 2.59. The van der Waals surface area contributed by atoms with Crippen molar-refractivity contribution in [3.8, 4) is 17.6 Å². The van der Waals surface area contributed by atoms with Crippen molar-refractivity contribution >= 4 is 10.8 Å². The van der Waals surface area contributed by atoms with Crippen LogP contribution in [0.5, 0.6) is 11.5 Å². The van der Waals surface area contributed by atoms with Crippen LogP contribution in [0.2, 0.25) is 0 Å². The van der Waals surface area contributed by atoms with Gasteiger partial charge in [-0.1, -0.05) is 19.1 Å². The number of hydrogen-bond acceptors (Lipinski definition) is 3. The fraction of sp³-hybridized carbons (Fsp3) is 0.214. The average Bonchev–Trinajstić information content (AvgIpc) is 2.35. The van der Waals surface area contributed by atoms with Crippen LogP contribution in [-0.2, 0) is 0 Å². The number of aromatic hydroxyl groups is 1. The molecule has 0 aliphatic carbocycles. The first-order valence-electron chi connectivity index (χ1n) is 5.52. The second kappa shape index (κ2) is 4.75. The van der Waals surface area contributed by atoms with Crippen LogP contribution < -0.4 is 4.74 Å². The number of hydrogen-bond donors (Lipinski definition) is 1. The molecule has 0 saturated heterocycles. The Hall–Kier alpha value is -2.21. The summed E-state index contributed by atoms with van der Waals surface area (Å²) >= 11 is 0. The molecule has 1 unspecified atom stereocenters. The fourth-order valence-corrected chi connectivity index (χ4v) is 1.65. The molecule has 0 heterocycles. The van der Waals surface area contributed by atoms with Crippen molar-refractivity contribution in [2.45, 2.75) is 19.4 Å². The van der Waals surface area contributed by atoms with E-state index in [4.69, 9.17) is 10.00 Å². The zero-order valence-corrected chi connectivity index (χ0v) is 9.55. The van der Waals surface area contributed by atoms with Crippen LogP contribution >= 0.6 is 0 Å². The Morgan fingerprint density at radius 3 is 2.71 bits per heavy atom. The molecule has 2 aromatic rings. The lowest BCUT2D eigenvalue weighted by Crippen LogP contribution is -2.11. The molecule has 17 heavy (non-hydrogen) atoms. The summed E-state index contributed by atoms with van der Waals surface area (Å²) in [6.45, 7) is 1.90. The average molecular weight is 227 g/mol. The van der Waals surface area contributed by atoms with E-state index in [2.05, 4.69) is 6.07 Å². The van der Waals surface area contributed by atoms with Gasteiger partial charge < -0.3 is 9.84 Å². The second-order valence-electron chi connectivity index (χ2n) is 3.84. The first-order chi connectivity index (χ1) is 8.22. The minimum absolute atomic E-state index is 0.224. The van der Waals surface area contributed by atoms with Crippen LogP contribution in [-0.4, -0.2) is 11.2 Å². The van der Waals surface area contributed by atoms with Gasteiger partial charge in [0, 0.05) is 0 Å². The molecule has 3 heteroatoms. The van der Waals surface area contributed by atoms with Crippen LogP contribution in [0.25, 0.3) is 10.8 Å². The number of ether oxygens (including phenoxy) is 1. The van der Waals surface area contributed by atoms with E-state index in [9.17, 15) is 5.11 Å². The maximum absolute atomic E-state index is 9.40. The molecule has 0 bridgehead atoms. The highest BCUT2D eigenvalue weighted by molar-refractivity contribution is 5.85. The molecule has 0 aromatic heterocycles. The fourth-order valence-electron chi connectivity index (χ4n) is 1.65. The van der Waals surface area contributed by atoms with Gasteiger partial charge in [0.1, 0.15) is 17.6 Å². The lowest BCUT2D eigenvalue weighted by molar-refractivity contribution is 0.252. The van der Waals surface area contributed by atoms with Gasteiger partial charge in [0.15, 0.2) is 6.10 Å². The maximum atomic E-state index is 9.40. The third-order valence-electron chi connectivity index (χ3n) is 2.59. The molecule has 0 fully saturated rings. The largest absolute Gasteiger partial charge is 0.508 e. The predicted molar refractivity (Wildman–Crippen MR) is 65.9 cm³/mol. The van der Waals surface area contributed by atoms with Crippen LogP contribution in [0.1, 0.15) is 13.3 Å². The molecule has 86 valence electrons. The number of nitrogens with zero attached hydrogens (tertiary/aromatic N) is 1. The Labute approximate surface area is 99.9 Å². The normalized spacial score (nSPS) is 12.0. The molecule has 3 nitrogen and oxygen atoms in total. The summed E-state index contributed by atoms with van der Waals surface area (Å²) in [5, 5.41) is 20.2. The molecule has 1 N–H and O–H groups in total. The molecule has 0 spiro atoms. The molecular formula is C14H13NO2. The Bertz CT molecular complexity index is 572. The zero-order valence-electron chi connectivity index (χ0n) is 9.55. The van der Waals surface area contributed by atoms with Crippen molar-refractivity contribution in [2.24, 2.45) is 0 Å². The number of phenolic OH excluding ortho intramolecular Hbond substituents is 1. The van der Waals surface area contributed by atoms with Gasteiger partial charge in [-0.25, -0.2) is 0 Å². The Morgan fingerprint density at radius 2 is 2.00 bits per heavy atom. The Balaban J connectivity index is 2.34. The Kier molecular flexibility index (Phi) is 3.15. The summed E-state index contributed by atoms with van der Waals surface area (Å²) < 4.78 is 5.52. The number of phenols is 1. The maximum Gasteiger partial charge on any atom is 0.184 e. The number of benzene rings is 2. The first kappa shape index (κ1) is 11.3. The van der Waals surface area contributed by atoms with Gasteiger partial charge in [-0.15, -0.1) is 0 Å². The minimum Gasteiger partial charge on any atom is -0.508 e. The van der Waals surface area contributed by atoms with Crippen LogP contribution in [0.15, 0.2) is 36.4 Å². The molecule has 1 atom stereocenters. The van der Waals surface area contributed by atoms with Crippen LogP contribution in [0.4, 0.5) is 0 Å². The second-order valence-corrected chi connectivity index (χ2v) is 3.84. The molecule has 2 rings (SSSR count). The van der Waals surface area contributed by atoms with E-state index in [1.54, 1.807) is 12.1 Å². The monoisotopic (exact) mass is 227 g/mol. The Morgan fingerprint density at radius 1 is 1.24 bits per heavy atom. The summed E-state index contributed by atoms with van der Waals surface area (Å²) in [7, 11) is 0. The summed E-state index contributed by atoms with van der Waals surface area (Å²) in [5.41, 5.74) is 0. The summed E-state index contributed by atoms with van der Waals surface area (Å²) in [4.78, 5) is 0. The topological polar surface area (TPSA) is 53.2 Å². The van der Waals surface area contributed by atoms with Crippen molar-refractivity contribution in [2.75, 3.05) is 0 Å². The van der Waals surface area contributed by atoms with E-state index in [1.165, 1.54) is 0 Å². The van der Waals surface area contributed by atoms with Crippen molar-refractivity contribution in [1.29, 1.82) is 5.26 Å². The van der Waals surface area contributed by atoms with Crippen molar-refractivity contribution in [1.82, 2.24) is 0 Å². The molecule has 2 aromatic carbocycles. The van der Waals surface area contributed by atoms with E-state index in [1.807, 2.05) is 31.2 Å². The van der Waals surface area contributed by atoms with Crippen LogP contribution in [0, 0.1) is 11.3 Å². The summed E-state index contributed by atoms with van der Waals surface area (Å²) in [5.74, 6) is 0.874. The predicted octanol–water partition coefficient (Wildman–Crippen LogP) is 3.23. The van der Waals surface area contributed by atoms with Gasteiger partial charge in [0.2, 0.25) is 0 Å². The van der Waals surface area contributed by atoms with Gasteiger partial charge in [0.05, 0.1) is 0 Å². The number of rotatable bonds is 3. The standard InChI is InChI=1S/C14H13NO2/c1-2-13(9-15)17-14-6-4-10-3-5-12(16)7-11(10)8-14/h3-8,13,16H,2H2,1H3. The SMILES string of the molecule is CCC(C#N)Oc1ccc2ccc(O)cc2c1. The highest BCUT2D eigenvalue weighted by atomic mass is 16.5. The van der Waals surface area contributed by atoms with Crippen molar-refractivity contribution in [3.05, 3.63) is 36.4 Å². The van der Waals surface area contributed by atoms with E-state index < -0.39 is 6.10 Å². The van der Waals surface area contributed by atoms with Crippen LogP contribution in [0.3, 0.4) is 0 Å². The quantitative estimate of drug-likeness (QED) is 0.875. The smallest absolute Gasteiger partial charge is 0.184 e. The molecule has 0 aliphatic rings. The number of fused-ring (bicyclic) bond motifs is 1. The molecule has 0 radical (unpaired) electrons. The van der Waals surface area contributed by atoms with Gasteiger partial charge in [-0.05, 0) is 41.5 Å². The van der Waals surface area contributed by atoms with E-state index in [0.717, 1.165) is 10.8 Å². The van der Waals surface area contributed by atoms with Crippen molar-refractivity contribution in [3.63, 3.8) is 0 Å². The van der Waals surface area contributed by atoms with E-state index in [-0.39, 0.29) is 5.75 Å². The minimum atomic E-state index is -0.426. The highest BCUT2D eigenvalue weighted by Gasteiger charge is 2.06. The lowest BCUT2D eigenvalue weighted by Gasteiger charge is -2.10. The zero-order chi connectivity index (χ0) is 12.3. The van der Waals surface area contributed by atoms with E-state index in [0.29, 0.717) is 12.2 Å². The molecular weight excluding hydrogens is 214 g/mol. The number of nitriles is 1. The molecule has 0 saturated carbocycles. The first-order valence-corrected chi connectivity index (χ1v) is 5.52. The summed E-state index contributed by atoms with van der Waals surface area (Å²) in [6.07, 6.45) is 0.221. The lowest BCUT2D eigenvalue weighted by atomic mass is 10.1. The van der Waals surface area contributed by atoms with Gasteiger partial charge in [-0.2, -0.15) is 5.26 Å². The van der Waals surface area contributed by atoms with Crippen molar-refractivity contribution < 1.29 is 9.84 Å². The highest BCUT2D eigenvalue weighted by Crippen LogP contribution is 2.25. The van der Waals surface area contributed by atoms with E-state index >= 15 is 0 Å².